The Hall–Kier alpha value is -3.69. The van der Waals surface area contributed by atoms with Crippen LogP contribution < -0.4 is 11.1 Å². The molecule has 0 bridgehead atoms. The Kier molecular flexibility index (Phi) is 4.10. The number of aryl methyl sites for hydroxylation is 1. The van der Waals surface area contributed by atoms with Crippen LogP contribution in [0.15, 0.2) is 48.7 Å². The summed E-state index contributed by atoms with van der Waals surface area (Å²) >= 11 is 0. The number of nitrogens with two attached hydrogens (primary N) is 1. The predicted molar refractivity (Wildman–Crippen MR) is 98.3 cm³/mol. The van der Waals surface area contributed by atoms with Crippen molar-refractivity contribution >= 4 is 28.5 Å². The molecule has 0 radical (unpaired) electrons. The highest BCUT2D eigenvalue weighted by atomic mass is 19.4. The fourth-order valence-electron chi connectivity index (χ4n) is 2.79. The molecule has 10 heteroatoms. The molecule has 0 aliphatic rings. The molecule has 0 fully saturated rings. The molecule has 0 saturated heterocycles. The topological polar surface area (TPSA) is 94.5 Å². The van der Waals surface area contributed by atoms with Crippen LogP contribution in [0.5, 0.6) is 0 Å². The van der Waals surface area contributed by atoms with Gasteiger partial charge in [-0.1, -0.05) is 0 Å². The first-order valence-electron chi connectivity index (χ1n) is 8.20. The molecule has 1 aromatic carbocycles. The number of hydrogen-bond acceptors (Lipinski definition) is 6. The number of rotatable bonds is 3. The Labute approximate surface area is 157 Å². The molecule has 3 N–H and O–H groups in total. The fourth-order valence-corrected chi connectivity index (χ4v) is 2.79. The first-order valence-corrected chi connectivity index (χ1v) is 8.20. The molecule has 7 nitrogen and oxygen atoms in total. The lowest BCUT2D eigenvalue weighted by Gasteiger charge is -2.11. The molecule has 28 heavy (non-hydrogen) atoms. The standard InChI is InChI=1S/C18H14F3N7/c1-10-24-16-13(3-2-8-23-16)28(10)17-26-14(22)9-15(27-17)25-12-6-4-11(5-7-12)18(19,20)21/h2-9H,1H3,(H3,22,25,26,27). The molecule has 0 aliphatic carbocycles. The SMILES string of the molecule is Cc1nc2ncccc2n1-c1nc(N)cc(Nc2ccc(C(F)(F)F)cc2)n1. The summed E-state index contributed by atoms with van der Waals surface area (Å²) in [5, 5.41) is 2.95. The molecule has 142 valence electrons. The Morgan fingerprint density at radius 2 is 1.79 bits per heavy atom. The van der Waals surface area contributed by atoms with Crippen molar-refractivity contribution in [2.24, 2.45) is 0 Å². The van der Waals surface area contributed by atoms with E-state index in [9.17, 15) is 13.2 Å². The number of halogens is 3. The van der Waals surface area contributed by atoms with Crippen LogP contribution in [0, 0.1) is 6.92 Å². The second kappa shape index (κ2) is 6.48. The van der Waals surface area contributed by atoms with E-state index in [-0.39, 0.29) is 11.8 Å². The van der Waals surface area contributed by atoms with Gasteiger partial charge in [0.15, 0.2) is 5.65 Å². The van der Waals surface area contributed by atoms with Gasteiger partial charge in [-0.2, -0.15) is 23.1 Å². The lowest BCUT2D eigenvalue weighted by atomic mass is 10.2. The minimum Gasteiger partial charge on any atom is -0.383 e. The van der Waals surface area contributed by atoms with Crippen LogP contribution in [0.4, 0.5) is 30.5 Å². The maximum Gasteiger partial charge on any atom is 0.416 e. The number of aromatic nitrogens is 5. The molecule has 0 atom stereocenters. The smallest absolute Gasteiger partial charge is 0.383 e. The van der Waals surface area contributed by atoms with Gasteiger partial charge in [0.1, 0.15) is 17.5 Å². The Morgan fingerprint density at radius 3 is 2.50 bits per heavy atom. The van der Waals surface area contributed by atoms with Gasteiger partial charge >= 0.3 is 6.18 Å². The van der Waals surface area contributed by atoms with Crippen molar-refractivity contribution in [2.45, 2.75) is 13.1 Å². The van der Waals surface area contributed by atoms with E-state index < -0.39 is 11.7 Å². The van der Waals surface area contributed by atoms with Crippen molar-refractivity contribution in [2.75, 3.05) is 11.1 Å². The average Bonchev–Trinajstić information content (AvgIpc) is 2.96. The summed E-state index contributed by atoms with van der Waals surface area (Å²) in [4.78, 5) is 17.2. The zero-order valence-corrected chi connectivity index (χ0v) is 14.6. The molecule has 0 aliphatic heterocycles. The molecular formula is C18H14F3N7. The Bertz CT molecular complexity index is 1150. The number of nitrogen functional groups attached to an aromatic ring is 1. The van der Waals surface area contributed by atoms with E-state index in [1.54, 1.807) is 23.8 Å². The molecule has 4 aromatic rings. The lowest BCUT2D eigenvalue weighted by Crippen LogP contribution is -2.08. The van der Waals surface area contributed by atoms with E-state index in [4.69, 9.17) is 5.73 Å². The van der Waals surface area contributed by atoms with Crippen molar-refractivity contribution < 1.29 is 13.2 Å². The second-order valence-electron chi connectivity index (χ2n) is 6.02. The third kappa shape index (κ3) is 3.31. The maximum absolute atomic E-state index is 12.7. The van der Waals surface area contributed by atoms with Gasteiger partial charge in [0.2, 0.25) is 5.95 Å². The summed E-state index contributed by atoms with van der Waals surface area (Å²) in [6.07, 6.45) is -2.75. The quantitative estimate of drug-likeness (QED) is 0.556. The van der Waals surface area contributed by atoms with E-state index in [0.29, 0.717) is 28.5 Å². The van der Waals surface area contributed by atoms with Crippen molar-refractivity contribution in [1.82, 2.24) is 24.5 Å². The lowest BCUT2D eigenvalue weighted by molar-refractivity contribution is -0.137. The third-order valence-electron chi connectivity index (χ3n) is 4.02. The van der Waals surface area contributed by atoms with Crippen LogP contribution in [-0.4, -0.2) is 24.5 Å². The molecule has 0 spiro atoms. The monoisotopic (exact) mass is 385 g/mol. The van der Waals surface area contributed by atoms with Crippen LogP contribution >= 0.6 is 0 Å². The van der Waals surface area contributed by atoms with E-state index >= 15 is 0 Å². The van der Waals surface area contributed by atoms with Gasteiger partial charge in [-0.05, 0) is 43.3 Å². The summed E-state index contributed by atoms with van der Waals surface area (Å²) in [7, 11) is 0. The summed E-state index contributed by atoms with van der Waals surface area (Å²) in [5.74, 6) is 1.44. The van der Waals surface area contributed by atoms with E-state index in [1.165, 1.54) is 18.2 Å². The molecule has 0 amide bonds. The first kappa shape index (κ1) is 17.7. The summed E-state index contributed by atoms with van der Waals surface area (Å²) in [6, 6.07) is 9.73. The average molecular weight is 385 g/mol. The molecule has 3 heterocycles. The first-order chi connectivity index (χ1) is 13.3. The fraction of sp³-hybridized carbons (Fsp3) is 0.111. The third-order valence-corrected chi connectivity index (χ3v) is 4.02. The minimum atomic E-state index is -4.39. The van der Waals surface area contributed by atoms with Crippen LogP contribution in [0.3, 0.4) is 0 Å². The number of nitrogens with one attached hydrogen (secondary N) is 1. The van der Waals surface area contributed by atoms with Gasteiger partial charge in [-0.25, -0.2) is 9.97 Å². The maximum atomic E-state index is 12.7. The van der Waals surface area contributed by atoms with Gasteiger partial charge in [0, 0.05) is 18.0 Å². The van der Waals surface area contributed by atoms with Gasteiger partial charge in [-0.3, -0.25) is 4.57 Å². The Balaban J connectivity index is 1.71. The zero-order valence-electron chi connectivity index (χ0n) is 14.6. The molecule has 3 aromatic heterocycles. The number of imidazole rings is 1. The summed E-state index contributed by atoms with van der Waals surface area (Å²) in [5.41, 5.74) is 6.87. The van der Waals surface area contributed by atoms with Gasteiger partial charge in [0.05, 0.1) is 11.1 Å². The van der Waals surface area contributed by atoms with Gasteiger partial charge in [-0.15, -0.1) is 0 Å². The summed E-state index contributed by atoms with van der Waals surface area (Å²) < 4.78 is 39.8. The van der Waals surface area contributed by atoms with Crippen LogP contribution in [0.25, 0.3) is 17.1 Å². The Morgan fingerprint density at radius 1 is 1.04 bits per heavy atom. The normalized spacial score (nSPS) is 11.7. The van der Waals surface area contributed by atoms with Crippen molar-refractivity contribution in [3.8, 4) is 5.95 Å². The minimum absolute atomic E-state index is 0.199. The van der Waals surface area contributed by atoms with E-state index in [1.807, 2.05) is 6.07 Å². The highest BCUT2D eigenvalue weighted by Gasteiger charge is 2.29. The number of nitrogens with zero attached hydrogens (tertiary/aromatic N) is 5. The zero-order chi connectivity index (χ0) is 19.9. The number of alkyl halides is 3. The highest BCUT2D eigenvalue weighted by Crippen LogP contribution is 2.30. The second-order valence-corrected chi connectivity index (χ2v) is 6.02. The number of pyridine rings is 1. The van der Waals surface area contributed by atoms with Crippen LogP contribution in [-0.2, 0) is 6.18 Å². The van der Waals surface area contributed by atoms with Crippen molar-refractivity contribution in [3.63, 3.8) is 0 Å². The number of hydrogen-bond donors (Lipinski definition) is 2. The van der Waals surface area contributed by atoms with Crippen LogP contribution in [0.2, 0.25) is 0 Å². The van der Waals surface area contributed by atoms with Gasteiger partial charge < -0.3 is 11.1 Å². The van der Waals surface area contributed by atoms with E-state index in [0.717, 1.165) is 12.1 Å². The number of fused-ring (bicyclic) bond motifs is 1. The van der Waals surface area contributed by atoms with Crippen molar-refractivity contribution in [3.05, 3.63) is 60.0 Å². The van der Waals surface area contributed by atoms with Crippen molar-refractivity contribution in [1.29, 1.82) is 0 Å². The number of benzene rings is 1. The molecule has 0 saturated carbocycles. The highest BCUT2D eigenvalue weighted by molar-refractivity contribution is 5.73. The van der Waals surface area contributed by atoms with Gasteiger partial charge in [0.25, 0.3) is 0 Å². The number of anilines is 3. The molecule has 4 rings (SSSR count). The van der Waals surface area contributed by atoms with E-state index in [2.05, 4.69) is 25.3 Å². The molecule has 0 unspecified atom stereocenters. The van der Waals surface area contributed by atoms with Crippen LogP contribution in [0.1, 0.15) is 11.4 Å². The summed E-state index contributed by atoms with van der Waals surface area (Å²) in [6.45, 7) is 1.79. The largest absolute Gasteiger partial charge is 0.416 e. The predicted octanol–water partition coefficient (Wildman–Crippen LogP) is 3.86. The molecular weight excluding hydrogens is 371 g/mol.